The first-order valence-electron chi connectivity index (χ1n) is 7.09. The van der Waals surface area contributed by atoms with Gasteiger partial charge in [-0.2, -0.15) is 0 Å². The summed E-state index contributed by atoms with van der Waals surface area (Å²) in [4.78, 5) is 13.9. The van der Waals surface area contributed by atoms with E-state index >= 15 is 0 Å². The molecule has 19 heavy (non-hydrogen) atoms. The maximum Gasteiger partial charge on any atom is 0.147 e. The first kappa shape index (κ1) is 16.3. The molecule has 1 aromatic carbocycles. The maximum atomic E-state index is 12.6. The first-order valence-corrected chi connectivity index (χ1v) is 7.91. The van der Waals surface area contributed by atoms with Crippen LogP contribution in [0.2, 0.25) is 0 Å². The fourth-order valence-electron chi connectivity index (χ4n) is 2.31. The quantitative estimate of drug-likeness (QED) is 0.641. The van der Waals surface area contributed by atoms with Crippen molar-refractivity contribution >= 4 is 17.5 Å². The molecule has 106 valence electrons. The van der Waals surface area contributed by atoms with Crippen LogP contribution in [0.1, 0.15) is 59.9 Å². The molecule has 1 heterocycles. The Morgan fingerprint density at radius 2 is 1.58 bits per heavy atom. The highest BCUT2D eigenvalue weighted by Gasteiger charge is 2.48. The van der Waals surface area contributed by atoms with E-state index in [2.05, 4.69) is 45.9 Å². The molecule has 0 amide bonds. The lowest BCUT2D eigenvalue weighted by Gasteiger charge is -2.38. The molecule has 1 aromatic rings. The smallest absolute Gasteiger partial charge is 0.147 e. The Morgan fingerprint density at radius 3 is 2.16 bits per heavy atom. The molecule has 1 atom stereocenters. The van der Waals surface area contributed by atoms with E-state index in [0.717, 1.165) is 0 Å². The third-order valence-electron chi connectivity index (χ3n) is 4.27. The molecule has 0 fully saturated rings. The Morgan fingerprint density at radius 1 is 1.05 bits per heavy atom. The molecule has 2 rings (SSSR count). The lowest BCUT2D eigenvalue weighted by Crippen LogP contribution is -2.43. The predicted molar refractivity (Wildman–Crippen MR) is 84.9 cm³/mol. The van der Waals surface area contributed by atoms with Crippen molar-refractivity contribution in [1.29, 1.82) is 0 Å². The molecule has 0 aromatic heterocycles. The molecule has 2 heteroatoms. The number of benzene rings is 1. The molecule has 0 N–H and O–H groups in total. The van der Waals surface area contributed by atoms with Crippen LogP contribution < -0.4 is 0 Å². The van der Waals surface area contributed by atoms with Crippen LogP contribution in [0.3, 0.4) is 0 Å². The second kappa shape index (κ2) is 5.70. The van der Waals surface area contributed by atoms with E-state index in [-0.39, 0.29) is 16.1 Å². The van der Waals surface area contributed by atoms with Gasteiger partial charge in [0, 0.05) is 21.0 Å². The summed E-state index contributed by atoms with van der Waals surface area (Å²) in [5.41, 5.74) is 0.872. The van der Waals surface area contributed by atoms with Crippen LogP contribution in [0.15, 0.2) is 29.2 Å². The normalized spacial score (nSPS) is 23.7. The van der Waals surface area contributed by atoms with Crippen molar-refractivity contribution in [2.45, 2.75) is 64.0 Å². The summed E-state index contributed by atoms with van der Waals surface area (Å²) in [6.45, 7) is 14.5. The average molecular weight is 278 g/mol. The molecule has 1 unspecified atom stereocenters. The van der Waals surface area contributed by atoms with Crippen LogP contribution in [0.5, 0.6) is 0 Å². The van der Waals surface area contributed by atoms with Gasteiger partial charge in [0.2, 0.25) is 0 Å². The van der Waals surface area contributed by atoms with E-state index in [1.54, 1.807) is 0 Å². The van der Waals surface area contributed by atoms with Gasteiger partial charge in [0.1, 0.15) is 5.78 Å². The summed E-state index contributed by atoms with van der Waals surface area (Å²) in [6, 6.07) is 8.29. The summed E-state index contributed by atoms with van der Waals surface area (Å²) in [5.74, 6) is 0.343. The Bertz CT molecular complexity index is 460. The molecule has 0 saturated carbocycles. The van der Waals surface area contributed by atoms with Gasteiger partial charge in [0.15, 0.2) is 0 Å². The summed E-state index contributed by atoms with van der Waals surface area (Å²) < 4.78 is -0.0784. The molecular formula is C17H26OS. The zero-order valence-corrected chi connectivity index (χ0v) is 14.0. The summed E-state index contributed by atoms with van der Waals surface area (Å²) >= 11 is 1.83. The number of Topliss-reactive ketones (excluding diaryl/α,β-unsaturated/α-hetero) is 1. The largest absolute Gasteiger partial charge is 0.298 e. The number of ketones is 1. The van der Waals surface area contributed by atoms with Crippen LogP contribution >= 0.6 is 11.8 Å². The Kier molecular flexibility index (Phi) is 4.89. The summed E-state index contributed by atoms with van der Waals surface area (Å²) in [6.07, 6.45) is 0. The zero-order chi connectivity index (χ0) is 14.8. The van der Waals surface area contributed by atoms with Gasteiger partial charge in [-0.15, -0.1) is 11.8 Å². The van der Waals surface area contributed by atoms with Crippen molar-refractivity contribution in [2.24, 2.45) is 5.41 Å². The second-order valence-corrected chi connectivity index (χ2v) is 7.53. The van der Waals surface area contributed by atoms with Crippen molar-refractivity contribution in [3.63, 3.8) is 0 Å². The Balaban J connectivity index is 0.000000861. The highest BCUT2D eigenvalue weighted by Crippen LogP contribution is 2.52. The first-order chi connectivity index (χ1) is 8.77. The molecule has 0 radical (unpaired) electrons. The Hall–Kier alpha value is -0.760. The van der Waals surface area contributed by atoms with E-state index in [0.29, 0.717) is 5.78 Å². The monoisotopic (exact) mass is 278 g/mol. The van der Waals surface area contributed by atoms with Crippen molar-refractivity contribution in [3.8, 4) is 0 Å². The summed E-state index contributed by atoms with van der Waals surface area (Å²) in [7, 11) is 0. The number of hydrogen-bond acceptors (Lipinski definition) is 2. The lowest BCUT2D eigenvalue weighted by molar-refractivity contribution is -0.129. The molecule has 0 saturated heterocycles. The van der Waals surface area contributed by atoms with E-state index in [1.807, 2.05) is 38.6 Å². The molecule has 0 aliphatic carbocycles. The average Bonchev–Trinajstić information content (AvgIpc) is 2.43. The number of hydrogen-bond donors (Lipinski definition) is 0. The topological polar surface area (TPSA) is 17.1 Å². The van der Waals surface area contributed by atoms with Gasteiger partial charge in [-0.25, -0.2) is 0 Å². The van der Waals surface area contributed by atoms with Crippen molar-refractivity contribution in [3.05, 3.63) is 29.8 Å². The van der Waals surface area contributed by atoms with Crippen LogP contribution in [0.4, 0.5) is 0 Å². The SMILES string of the molecule is CC.CC1C(=O)C(C)(C)C(C)(C)Sc2ccccc21. The van der Waals surface area contributed by atoms with Crippen LogP contribution in [-0.2, 0) is 4.79 Å². The van der Waals surface area contributed by atoms with Gasteiger partial charge in [0.25, 0.3) is 0 Å². The number of carbonyl (C=O) groups excluding carboxylic acids is 1. The van der Waals surface area contributed by atoms with Crippen molar-refractivity contribution in [2.75, 3.05) is 0 Å². The second-order valence-electron chi connectivity index (χ2n) is 5.86. The number of rotatable bonds is 0. The van der Waals surface area contributed by atoms with Gasteiger partial charge in [-0.1, -0.05) is 52.8 Å². The number of fused-ring (bicyclic) bond motifs is 1. The van der Waals surface area contributed by atoms with Crippen LogP contribution in [0.25, 0.3) is 0 Å². The molecule has 1 aliphatic rings. The highest BCUT2D eigenvalue weighted by molar-refractivity contribution is 8.00. The molecular weight excluding hydrogens is 252 g/mol. The summed E-state index contributed by atoms with van der Waals surface area (Å²) in [5, 5.41) is 0. The van der Waals surface area contributed by atoms with E-state index in [1.165, 1.54) is 10.5 Å². The van der Waals surface area contributed by atoms with Crippen LogP contribution in [0, 0.1) is 5.41 Å². The van der Waals surface area contributed by atoms with E-state index in [9.17, 15) is 4.79 Å². The lowest BCUT2D eigenvalue weighted by atomic mass is 9.72. The third kappa shape index (κ3) is 2.74. The maximum absolute atomic E-state index is 12.6. The molecule has 1 nitrogen and oxygen atoms in total. The van der Waals surface area contributed by atoms with Gasteiger partial charge in [-0.05, 0) is 25.5 Å². The van der Waals surface area contributed by atoms with Gasteiger partial charge in [-0.3, -0.25) is 4.79 Å². The standard InChI is InChI=1S/C15H20OS.C2H6/c1-10-11-8-6-7-9-12(11)17-15(4,5)14(2,3)13(10)16;1-2/h6-10H,1-5H3;1-2H3. The van der Waals surface area contributed by atoms with Crippen molar-refractivity contribution in [1.82, 2.24) is 0 Å². The predicted octanol–water partition coefficient (Wildman–Crippen LogP) is 5.30. The Labute approximate surface area is 122 Å². The van der Waals surface area contributed by atoms with E-state index in [4.69, 9.17) is 0 Å². The highest BCUT2D eigenvalue weighted by atomic mass is 32.2. The minimum absolute atomic E-state index is 0.00419. The van der Waals surface area contributed by atoms with Gasteiger partial charge < -0.3 is 0 Å². The fourth-order valence-corrected chi connectivity index (χ4v) is 3.73. The van der Waals surface area contributed by atoms with E-state index < -0.39 is 0 Å². The van der Waals surface area contributed by atoms with Crippen molar-refractivity contribution < 1.29 is 4.79 Å². The number of thioether (sulfide) groups is 1. The zero-order valence-electron chi connectivity index (χ0n) is 13.2. The number of carbonyl (C=O) groups is 1. The minimum atomic E-state index is -0.309. The minimum Gasteiger partial charge on any atom is -0.298 e. The molecule has 0 spiro atoms. The van der Waals surface area contributed by atoms with Crippen LogP contribution in [-0.4, -0.2) is 10.5 Å². The fraction of sp³-hybridized carbons (Fsp3) is 0.588. The molecule has 0 bridgehead atoms. The molecule has 1 aliphatic heterocycles. The van der Waals surface area contributed by atoms with Gasteiger partial charge >= 0.3 is 0 Å². The third-order valence-corrected chi connectivity index (χ3v) is 5.88. The van der Waals surface area contributed by atoms with Gasteiger partial charge in [0.05, 0.1) is 0 Å².